The van der Waals surface area contributed by atoms with Crippen LogP contribution in [0.2, 0.25) is 5.02 Å². The van der Waals surface area contributed by atoms with Crippen LogP contribution in [0, 0.1) is 0 Å². The molecule has 29 heavy (non-hydrogen) atoms. The first-order chi connectivity index (χ1) is 13.9. The van der Waals surface area contributed by atoms with E-state index < -0.39 is 0 Å². The predicted molar refractivity (Wildman–Crippen MR) is 112 cm³/mol. The quantitative estimate of drug-likeness (QED) is 0.608. The van der Waals surface area contributed by atoms with Crippen molar-refractivity contribution < 1.29 is 9.59 Å². The number of carbonyl (C=O) groups excluding carboxylic acids is 2. The lowest BCUT2D eigenvalue weighted by atomic mass is 10.1. The minimum atomic E-state index is -0.265. The largest absolute Gasteiger partial charge is 0.350 e. The van der Waals surface area contributed by atoms with Gasteiger partial charge in [-0.15, -0.1) is 0 Å². The first-order valence-corrected chi connectivity index (χ1v) is 9.95. The molecule has 3 heterocycles. The third kappa shape index (κ3) is 3.91. The molecule has 3 N–H and O–H groups in total. The Bertz CT molecular complexity index is 1080. The SMILES string of the molecule is CC(C)NC(=O)c1cc2n(c1)CCCc1c(NC(=O)c3cccc(Cl)c3)n[nH]c1-2. The maximum Gasteiger partial charge on any atom is 0.256 e. The van der Waals surface area contributed by atoms with Crippen molar-refractivity contribution in [2.75, 3.05) is 5.32 Å². The van der Waals surface area contributed by atoms with Crippen LogP contribution in [-0.2, 0) is 13.0 Å². The van der Waals surface area contributed by atoms with Crippen molar-refractivity contribution in [2.24, 2.45) is 0 Å². The van der Waals surface area contributed by atoms with Crippen LogP contribution in [0.4, 0.5) is 5.82 Å². The normalized spacial score (nSPS) is 12.8. The van der Waals surface area contributed by atoms with E-state index in [0.717, 1.165) is 36.3 Å². The van der Waals surface area contributed by atoms with E-state index in [4.69, 9.17) is 11.6 Å². The van der Waals surface area contributed by atoms with Crippen LogP contribution >= 0.6 is 11.6 Å². The van der Waals surface area contributed by atoms with Crippen molar-refractivity contribution >= 4 is 29.2 Å². The predicted octanol–water partition coefficient (Wildman–Crippen LogP) is 3.87. The van der Waals surface area contributed by atoms with Crippen LogP contribution in [0.15, 0.2) is 36.5 Å². The average molecular weight is 412 g/mol. The zero-order chi connectivity index (χ0) is 20.5. The number of aromatic nitrogens is 3. The van der Waals surface area contributed by atoms with Crippen LogP contribution in [0.1, 0.15) is 46.5 Å². The lowest BCUT2D eigenvalue weighted by molar-refractivity contribution is 0.0942. The van der Waals surface area contributed by atoms with E-state index in [-0.39, 0.29) is 17.9 Å². The van der Waals surface area contributed by atoms with Gasteiger partial charge in [0.15, 0.2) is 5.82 Å². The minimum absolute atomic E-state index is 0.0678. The number of benzene rings is 1. The second-order valence-electron chi connectivity index (χ2n) is 7.43. The van der Waals surface area contributed by atoms with Crippen molar-refractivity contribution in [2.45, 2.75) is 39.3 Å². The molecule has 0 unspecified atom stereocenters. The maximum absolute atomic E-state index is 12.6. The topological polar surface area (TPSA) is 91.8 Å². The second kappa shape index (κ2) is 7.75. The van der Waals surface area contributed by atoms with Crippen molar-refractivity contribution in [3.63, 3.8) is 0 Å². The first-order valence-electron chi connectivity index (χ1n) is 9.58. The monoisotopic (exact) mass is 411 g/mol. The number of carbonyl (C=O) groups is 2. The number of anilines is 1. The highest BCUT2D eigenvalue weighted by Gasteiger charge is 2.24. The molecule has 0 saturated heterocycles. The fourth-order valence-electron chi connectivity index (χ4n) is 3.53. The number of halogens is 1. The number of aromatic amines is 1. The number of aryl methyl sites for hydroxylation is 1. The van der Waals surface area contributed by atoms with E-state index in [2.05, 4.69) is 25.4 Å². The van der Waals surface area contributed by atoms with Crippen LogP contribution in [0.5, 0.6) is 0 Å². The summed E-state index contributed by atoms with van der Waals surface area (Å²) in [5.74, 6) is 0.141. The van der Waals surface area contributed by atoms with E-state index in [0.29, 0.717) is 22.0 Å². The molecule has 150 valence electrons. The van der Waals surface area contributed by atoms with Crippen molar-refractivity contribution in [3.05, 3.63) is 58.2 Å². The molecule has 1 aliphatic heterocycles. The Kier molecular flexibility index (Phi) is 5.15. The Labute approximate surface area is 173 Å². The van der Waals surface area contributed by atoms with Gasteiger partial charge in [-0.1, -0.05) is 17.7 Å². The fourth-order valence-corrected chi connectivity index (χ4v) is 3.73. The number of rotatable bonds is 4. The van der Waals surface area contributed by atoms with Gasteiger partial charge >= 0.3 is 0 Å². The molecule has 0 atom stereocenters. The third-order valence-corrected chi connectivity index (χ3v) is 5.08. The molecule has 2 amide bonds. The molecular weight excluding hydrogens is 390 g/mol. The van der Waals surface area contributed by atoms with Crippen molar-refractivity contribution in [3.8, 4) is 11.4 Å². The van der Waals surface area contributed by atoms with Gasteiger partial charge in [0.25, 0.3) is 11.8 Å². The summed E-state index contributed by atoms with van der Waals surface area (Å²) in [6.45, 7) is 4.65. The van der Waals surface area contributed by atoms with Gasteiger partial charge in [-0.25, -0.2) is 0 Å². The smallest absolute Gasteiger partial charge is 0.256 e. The molecule has 0 aliphatic carbocycles. The number of hydrogen-bond acceptors (Lipinski definition) is 3. The standard InChI is InChI=1S/C21H22ClN5O2/c1-12(2)23-21(29)14-10-17-18-16(7-4-8-27(17)11-14)19(26-25-18)24-20(28)13-5-3-6-15(22)9-13/h3,5-6,9-12H,4,7-8H2,1-2H3,(H,23,29)(H2,24,25,26,28). The molecule has 4 rings (SSSR count). The maximum atomic E-state index is 12.6. The van der Waals surface area contributed by atoms with Gasteiger partial charge in [0.2, 0.25) is 0 Å². The zero-order valence-electron chi connectivity index (χ0n) is 16.3. The Balaban J connectivity index is 1.63. The van der Waals surface area contributed by atoms with Crippen LogP contribution in [0.3, 0.4) is 0 Å². The molecule has 0 fully saturated rings. The molecule has 1 aliphatic rings. The number of amides is 2. The molecule has 1 aromatic carbocycles. The summed E-state index contributed by atoms with van der Waals surface area (Å²) in [7, 11) is 0. The molecule has 0 spiro atoms. The van der Waals surface area contributed by atoms with E-state index >= 15 is 0 Å². The highest BCUT2D eigenvalue weighted by molar-refractivity contribution is 6.31. The lowest BCUT2D eigenvalue weighted by Crippen LogP contribution is -2.29. The summed E-state index contributed by atoms with van der Waals surface area (Å²) in [6.07, 6.45) is 3.51. The van der Waals surface area contributed by atoms with Gasteiger partial charge in [0.1, 0.15) is 0 Å². The summed E-state index contributed by atoms with van der Waals surface area (Å²) < 4.78 is 2.06. The third-order valence-electron chi connectivity index (χ3n) is 4.85. The molecular formula is C21H22ClN5O2. The van der Waals surface area contributed by atoms with Gasteiger partial charge in [-0.3, -0.25) is 14.7 Å². The minimum Gasteiger partial charge on any atom is -0.350 e. The van der Waals surface area contributed by atoms with Gasteiger partial charge in [0, 0.05) is 34.9 Å². The Hall–Kier alpha value is -3.06. The van der Waals surface area contributed by atoms with E-state index in [9.17, 15) is 9.59 Å². The van der Waals surface area contributed by atoms with Crippen LogP contribution in [0.25, 0.3) is 11.4 Å². The Morgan fingerprint density at radius 1 is 1.21 bits per heavy atom. The van der Waals surface area contributed by atoms with Gasteiger partial charge < -0.3 is 15.2 Å². The Morgan fingerprint density at radius 3 is 2.79 bits per heavy atom. The lowest BCUT2D eigenvalue weighted by Gasteiger charge is -2.06. The number of fused-ring (bicyclic) bond motifs is 3. The number of hydrogen-bond donors (Lipinski definition) is 3. The number of H-pyrrole nitrogens is 1. The van der Waals surface area contributed by atoms with E-state index in [1.54, 1.807) is 24.3 Å². The molecule has 0 bridgehead atoms. The second-order valence-corrected chi connectivity index (χ2v) is 7.87. The fraction of sp³-hybridized carbons (Fsp3) is 0.286. The molecule has 2 aromatic heterocycles. The first kappa shape index (κ1) is 19.3. The number of nitrogens with zero attached hydrogens (tertiary/aromatic N) is 2. The molecule has 0 saturated carbocycles. The molecule has 3 aromatic rings. The van der Waals surface area contributed by atoms with Crippen LogP contribution in [-0.4, -0.2) is 32.6 Å². The molecule has 7 nitrogen and oxygen atoms in total. The van der Waals surface area contributed by atoms with Crippen molar-refractivity contribution in [1.82, 2.24) is 20.1 Å². The highest BCUT2D eigenvalue weighted by Crippen LogP contribution is 2.33. The summed E-state index contributed by atoms with van der Waals surface area (Å²) in [4.78, 5) is 25.0. The summed E-state index contributed by atoms with van der Waals surface area (Å²) >= 11 is 5.99. The van der Waals surface area contributed by atoms with Gasteiger partial charge in [0.05, 0.1) is 17.0 Å². The van der Waals surface area contributed by atoms with Gasteiger partial charge in [-0.05, 0) is 51.0 Å². The van der Waals surface area contributed by atoms with Crippen LogP contribution < -0.4 is 10.6 Å². The van der Waals surface area contributed by atoms with E-state index in [1.807, 2.05) is 26.1 Å². The Morgan fingerprint density at radius 2 is 2.03 bits per heavy atom. The molecule has 8 heteroatoms. The molecule has 0 radical (unpaired) electrons. The van der Waals surface area contributed by atoms with E-state index in [1.165, 1.54) is 0 Å². The highest BCUT2D eigenvalue weighted by atomic mass is 35.5. The number of nitrogens with one attached hydrogen (secondary N) is 3. The summed E-state index contributed by atoms with van der Waals surface area (Å²) in [6, 6.07) is 8.71. The van der Waals surface area contributed by atoms with Crippen molar-refractivity contribution in [1.29, 1.82) is 0 Å². The summed E-state index contributed by atoms with van der Waals surface area (Å²) in [5, 5.41) is 13.7. The average Bonchev–Trinajstić information content (AvgIpc) is 3.22. The summed E-state index contributed by atoms with van der Waals surface area (Å²) in [5.41, 5.74) is 3.74. The zero-order valence-corrected chi connectivity index (χ0v) is 17.0. The van der Waals surface area contributed by atoms with Gasteiger partial charge in [-0.2, -0.15) is 5.10 Å².